The molecule has 4 rings (SSSR count). The molecular formula is C21H30O3. The zero-order valence-electron chi connectivity index (χ0n) is 15.2. The summed E-state index contributed by atoms with van der Waals surface area (Å²) >= 11 is 0. The minimum atomic E-state index is -0.394. The third-order valence-corrected chi connectivity index (χ3v) is 8.56. The first-order chi connectivity index (χ1) is 11.3. The molecule has 24 heavy (non-hydrogen) atoms. The Morgan fingerprint density at radius 3 is 2.62 bits per heavy atom. The van der Waals surface area contributed by atoms with Gasteiger partial charge in [0.15, 0.2) is 5.78 Å². The molecule has 0 unspecified atom stereocenters. The van der Waals surface area contributed by atoms with Gasteiger partial charge in [0, 0.05) is 17.8 Å². The lowest BCUT2D eigenvalue weighted by Gasteiger charge is -2.59. The van der Waals surface area contributed by atoms with Gasteiger partial charge in [0.1, 0.15) is 5.78 Å². The van der Waals surface area contributed by atoms with Crippen LogP contribution in [0, 0.1) is 34.5 Å². The van der Waals surface area contributed by atoms with Crippen molar-refractivity contribution in [2.45, 2.75) is 71.8 Å². The number of hydrogen-bond acceptors (Lipinski definition) is 3. The number of aliphatic hydroxyl groups is 1. The molecule has 0 aromatic rings. The zero-order valence-corrected chi connectivity index (χ0v) is 15.2. The summed E-state index contributed by atoms with van der Waals surface area (Å²) in [6.07, 6.45) is 8.06. The average molecular weight is 330 g/mol. The Kier molecular flexibility index (Phi) is 3.62. The van der Waals surface area contributed by atoms with Gasteiger partial charge in [-0.3, -0.25) is 9.59 Å². The zero-order chi connectivity index (χ0) is 17.3. The van der Waals surface area contributed by atoms with E-state index in [4.69, 9.17) is 0 Å². The van der Waals surface area contributed by atoms with Crippen LogP contribution in [0.2, 0.25) is 0 Å². The van der Waals surface area contributed by atoms with Gasteiger partial charge in [-0.25, -0.2) is 0 Å². The van der Waals surface area contributed by atoms with Crippen molar-refractivity contribution in [1.29, 1.82) is 0 Å². The van der Waals surface area contributed by atoms with Crippen molar-refractivity contribution in [3.8, 4) is 0 Å². The van der Waals surface area contributed by atoms with Gasteiger partial charge in [-0.15, -0.1) is 0 Å². The number of ketones is 2. The minimum Gasteiger partial charge on any atom is -0.393 e. The summed E-state index contributed by atoms with van der Waals surface area (Å²) in [5, 5.41) is 11.1. The molecule has 3 saturated carbocycles. The summed E-state index contributed by atoms with van der Waals surface area (Å²) in [4.78, 5) is 24.1. The number of hydrogen-bond donors (Lipinski definition) is 1. The highest BCUT2D eigenvalue weighted by Crippen LogP contribution is 2.66. The lowest BCUT2D eigenvalue weighted by Crippen LogP contribution is -2.57. The van der Waals surface area contributed by atoms with Crippen LogP contribution >= 0.6 is 0 Å². The van der Waals surface area contributed by atoms with E-state index in [1.807, 2.05) is 6.08 Å². The summed E-state index contributed by atoms with van der Waals surface area (Å²) in [7, 11) is 0. The molecule has 0 aliphatic heterocycles. The Bertz CT molecular complexity index is 621. The standard InChI is InChI=1S/C21H30O3/c1-12(22)16-6-7-17-15-5-4-13-10-14(23)8-9-20(13,2)18(15)11-19(24)21(16,17)3/h10,15-19,24H,4-9,11H2,1-3H3/t15-,16+,17-,18-,19-,20-,21+/m0/s1. The fourth-order valence-electron chi connectivity index (χ4n) is 7.19. The van der Waals surface area contributed by atoms with Crippen molar-refractivity contribution in [2.24, 2.45) is 34.5 Å². The summed E-state index contributed by atoms with van der Waals surface area (Å²) in [5.41, 5.74) is 1.17. The number of carbonyl (C=O) groups is 2. The molecule has 0 spiro atoms. The van der Waals surface area contributed by atoms with Gasteiger partial charge in [-0.1, -0.05) is 19.4 Å². The molecule has 0 heterocycles. The average Bonchev–Trinajstić information content (AvgIpc) is 2.88. The SMILES string of the molecule is CC(=O)[C@H]1CC[C@H]2[C@@H]3CCC4=CC(=O)CC[C@]4(C)[C@H]3C[C@H](O)[C@]12C. The Morgan fingerprint density at radius 1 is 1.17 bits per heavy atom. The van der Waals surface area contributed by atoms with E-state index in [1.54, 1.807) is 6.92 Å². The molecule has 4 aliphatic rings. The van der Waals surface area contributed by atoms with E-state index in [9.17, 15) is 14.7 Å². The maximum absolute atomic E-state index is 12.2. The van der Waals surface area contributed by atoms with Crippen LogP contribution in [0.1, 0.15) is 65.7 Å². The number of aliphatic hydroxyl groups excluding tert-OH is 1. The third-order valence-electron chi connectivity index (χ3n) is 8.56. The van der Waals surface area contributed by atoms with E-state index in [1.165, 1.54) is 5.57 Å². The Labute approximate surface area is 144 Å². The number of rotatable bonds is 1. The first-order valence-electron chi connectivity index (χ1n) is 9.71. The fourth-order valence-corrected chi connectivity index (χ4v) is 7.19. The van der Waals surface area contributed by atoms with Crippen LogP contribution in [0.25, 0.3) is 0 Å². The van der Waals surface area contributed by atoms with Crippen molar-refractivity contribution in [2.75, 3.05) is 0 Å². The highest BCUT2D eigenvalue weighted by molar-refractivity contribution is 5.91. The summed E-state index contributed by atoms with van der Waals surface area (Å²) in [6, 6.07) is 0. The highest BCUT2D eigenvalue weighted by atomic mass is 16.3. The second-order valence-electron chi connectivity index (χ2n) is 9.33. The van der Waals surface area contributed by atoms with Gasteiger partial charge >= 0.3 is 0 Å². The van der Waals surface area contributed by atoms with Crippen LogP contribution < -0.4 is 0 Å². The minimum absolute atomic E-state index is 0.0242. The predicted molar refractivity (Wildman–Crippen MR) is 92.3 cm³/mol. The topological polar surface area (TPSA) is 54.4 Å². The van der Waals surface area contributed by atoms with Gasteiger partial charge in [0.25, 0.3) is 0 Å². The van der Waals surface area contributed by atoms with Crippen molar-refractivity contribution in [3.05, 3.63) is 11.6 Å². The lowest BCUT2D eigenvalue weighted by atomic mass is 9.46. The van der Waals surface area contributed by atoms with Gasteiger partial charge in [0.05, 0.1) is 6.10 Å². The van der Waals surface area contributed by atoms with Crippen LogP contribution in [0.5, 0.6) is 0 Å². The third kappa shape index (κ3) is 2.00. The van der Waals surface area contributed by atoms with Crippen molar-refractivity contribution in [3.63, 3.8) is 0 Å². The summed E-state index contributed by atoms with van der Waals surface area (Å²) in [6.45, 7) is 6.21. The van der Waals surface area contributed by atoms with E-state index < -0.39 is 6.10 Å². The normalized spacial score (nSPS) is 50.6. The molecule has 3 heteroatoms. The second kappa shape index (κ2) is 5.27. The van der Waals surface area contributed by atoms with Crippen LogP contribution in [0.15, 0.2) is 11.6 Å². The highest BCUT2D eigenvalue weighted by Gasteiger charge is 2.63. The molecule has 1 N–H and O–H groups in total. The van der Waals surface area contributed by atoms with Gasteiger partial charge in [-0.05, 0) is 74.7 Å². The molecule has 3 fully saturated rings. The van der Waals surface area contributed by atoms with Crippen LogP contribution in [0.3, 0.4) is 0 Å². The maximum Gasteiger partial charge on any atom is 0.155 e. The number of fused-ring (bicyclic) bond motifs is 5. The predicted octanol–water partition coefficient (Wildman–Crippen LogP) is 3.69. The van der Waals surface area contributed by atoms with Gasteiger partial charge in [-0.2, -0.15) is 0 Å². The molecule has 0 radical (unpaired) electrons. The number of carbonyl (C=O) groups excluding carboxylic acids is 2. The van der Waals surface area contributed by atoms with Crippen LogP contribution in [-0.2, 0) is 9.59 Å². The molecule has 7 atom stereocenters. The molecule has 4 aliphatic carbocycles. The Morgan fingerprint density at radius 2 is 1.92 bits per heavy atom. The van der Waals surface area contributed by atoms with E-state index in [2.05, 4.69) is 13.8 Å². The molecular weight excluding hydrogens is 300 g/mol. The molecule has 0 saturated heterocycles. The monoisotopic (exact) mass is 330 g/mol. The van der Waals surface area contributed by atoms with E-state index >= 15 is 0 Å². The van der Waals surface area contributed by atoms with E-state index in [0.717, 1.165) is 38.5 Å². The first-order valence-corrected chi connectivity index (χ1v) is 9.71. The first kappa shape index (κ1) is 16.5. The summed E-state index contributed by atoms with van der Waals surface area (Å²) < 4.78 is 0. The lowest BCUT2D eigenvalue weighted by molar-refractivity contribution is -0.149. The van der Waals surface area contributed by atoms with E-state index in [-0.39, 0.29) is 28.3 Å². The summed E-state index contributed by atoms with van der Waals surface area (Å²) in [5.74, 6) is 2.07. The molecule has 132 valence electrons. The fraction of sp³-hybridized carbons (Fsp3) is 0.810. The van der Waals surface area contributed by atoms with Crippen molar-refractivity contribution < 1.29 is 14.7 Å². The largest absolute Gasteiger partial charge is 0.393 e. The molecule has 0 aromatic heterocycles. The number of Topliss-reactive ketones (excluding diaryl/α,β-unsaturated/α-hetero) is 1. The Hall–Kier alpha value is -0.960. The number of allylic oxidation sites excluding steroid dienone is 1. The van der Waals surface area contributed by atoms with Crippen molar-refractivity contribution >= 4 is 11.6 Å². The molecule has 0 aromatic carbocycles. The van der Waals surface area contributed by atoms with E-state index in [0.29, 0.717) is 24.2 Å². The van der Waals surface area contributed by atoms with Crippen molar-refractivity contribution in [1.82, 2.24) is 0 Å². The molecule has 0 amide bonds. The van der Waals surface area contributed by atoms with Gasteiger partial charge < -0.3 is 5.11 Å². The maximum atomic E-state index is 12.2. The molecule has 0 bridgehead atoms. The Balaban J connectivity index is 1.72. The van der Waals surface area contributed by atoms with Crippen LogP contribution in [0.4, 0.5) is 0 Å². The second-order valence-corrected chi connectivity index (χ2v) is 9.33. The molecule has 3 nitrogen and oxygen atoms in total. The quantitative estimate of drug-likeness (QED) is 0.797. The van der Waals surface area contributed by atoms with Gasteiger partial charge in [0.2, 0.25) is 0 Å². The smallest absolute Gasteiger partial charge is 0.155 e. The van der Waals surface area contributed by atoms with Crippen LogP contribution in [-0.4, -0.2) is 22.8 Å².